The van der Waals surface area contributed by atoms with Crippen molar-refractivity contribution in [3.05, 3.63) is 88.7 Å². The number of hydrogen-bond donors (Lipinski definition) is 2. The number of nitrogens with zero attached hydrogens (tertiary/aromatic N) is 2. The molecule has 3 aromatic rings. The predicted molar refractivity (Wildman–Crippen MR) is 108 cm³/mol. The van der Waals surface area contributed by atoms with Crippen molar-refractivity contribution in [2.24, 2.45) is 0 Å². The van der Waals surface area contributed by atoms with E-state index in [0.717, 1.165) is 0 Å². The molecule has 3 rings (SSSR count). The standard InChI is InChI=1S/C22H22F2N4O/c1-15-14-20(21(29)25-12-10-16-6-2-4-8-18(16)23)28-22(27-15)26-13-11-17-7-3-5-9-19(17)24/h2-9,14H,10-13H2,1H3,(H,25,29)(H,26,27,28). The number of benzene rings is 2. The molecule has 5 nitrogen and oxygen atoms in total. The summed E-state index contributed by atoms with van der Waals surface area (Å²) in [4.78, 5) is 20.9. The van der Waals surface area contributed by atoms with Crippen LogP contribution in [0.25, 0.3) is 0 Å². The number of halogens is 2. The van der Waals surface area contributed by atoms with Crippen LogP contribution in [0.5, 0.6) is 0 Å². The average Bonchev–Trinajstić information content (AvgIpc) is 2.70. The third kappa shape index (κ3) is 5.81. The Hall–Kier alpha value is -3.35. The Morgan fingerprint density at radius 1 is 0.897 bits per heavy atom. The van der Waals surface area contributed by atoms with Crippen LogP contribution in [-0.4, -0.2) is 29.0 Å². The van der Waals surface area contributed by atoms with Crippen molar-refractivity contribution in [1.82, 2.24) is 15.3 Å². The number of anilines is 1. The average molecular weight is 396 g/mol. The first-order chi connectivity index (χ1) is 14.0. The van der Waals surface area contributed by atoms with Crippen LogP contribution in [0.15, 0.2) is 54.6 Å². The summed E-state index contributed by atoms with van der Waals surface area (Å²) in [5.41, 5.74) is 1.99. The maximum atomic E-state index is 13.7. The zero-order valence-electron chi connectivity index (χ0n) is 16.1. The molecule has 2 aromatic carbocycles. The summed E-state index contributed by atoms with van der Waals surface area (Å²) in [6.45, 7) is 2.48. The molecular formula is C22H22F2N4O. The Labute approximate surface area is 168 Å². The van der Waals surface area contributed by atoms with Crippen LogP contribution in [-0.2, 0) is 12.8 Å². The number of amides is 1. The van der Waals surface area contributed by atoms with Crippen molar-refractivity contribution in [3.8, 4) is 0 Å². The SMILES string of the molecule is Cc1cc(C(=O)NCCc2ccccc2F)nc(NCCc2ccccc2F)n1. The fraction of sp³-hybridized carbons (Fsp3) is 0.227. The van der Waals surface area contributed by atoms with E-state index in [1.54, 1.807) is 49.4 Å². The first kappa shape index (κ1) is 20.4. The van der Waals surface area contributed by atoms with Crippen LogP contribution in [0, 0.1) is 18.6 Å². The van der Waals surface area contributed by atoms with Crippen molar-refractivity contribution in [2.75, 3.05) is 18.4 Å². The molecule has 0 fully saturated rings. The molecule has 0 spiro atoms. The molecule has 2 N–H and O–H groups in total. The Bertz CT molecular complexity index is 994. The van der Waals surface area contributed by atoms with E-state index in [0.29, 0.717) is 48.7 Å². The Morgan fingerprint density at radius 3 is 2.10 bits per heavy atom. The lowest BCUT2D eigenvalue weighted by molar-refractivity contribution is 0.0949. The van der Waals surface area contributed by atoms with Gasteiger partial charge in [-0.2, -0.15) is 0 Å². The summed E-state index contributed by atoms with van der Waals surface area (Å²) in [6.07, 6.45) is 0.852. The Kier molecular flexibility index (Phi) is 6.84. The molecule has 1 aromatic heterocycles. The van der Waals surface area contributed by atoms with Gasteiger partial charge in [-0.3, -0.25) is 4.79 Å². The number of carbonyl (C=O) groups excluding carboxylic acids is 1. The quantitative estimate of drug-likeness (QED) is 0.609. The predicted octanol–water partition coefficient (Wildman–Crippen LogP) is 3.69. The first-order valence-electron chi connectivity index (χ1n) is 9.37. The van der Waals surface area contributed by atoms with E-state index in [2.05, 4.69) is 20.6 Å². The number of aryl methyl sites for hydroxylation is 1. The fourth-order valence-corrected chi connectivity index (χ4v) is 2.88. The van der Waals surface area contributed by atoms with Crippen molar-refractivity contribution >= 4 is 11.9 Å². The van der Waals surface area contributed by atoms with Crippen LogP contribution >= 0.6 is 0 Å². The number of aromatic nitrogens is 2. The van der Waals surface area contributed by atoms with Gasteiger partial charge >= 0.3 is 0 Å². The van der Waals surface area contributed by atoms with E-state index >= 15 is 0 Å². The molecule has 0 saturated carbocycles. The van der Waals surface area contributed by atoms with E-state index in [-0.39, 0.29) is 23.2 Å². The molecule has 0 aliphatic rings. The summed E-state index contributed by atoms with van der Waals surface area (Å²) in [7, 11) is 0. The van der Waals surface area contributed by atoms with Gasteiger partial charge in [-0.25, -0.2) is 18.7 Å². The van der Waals surface area contributed by atoms with Gasteiger partial charge < -0.3 is 10.6 Å². The molecule has 0 atom stereocenters. The molecule has 7 heteroatoms. The van der Waals surface area contributed by atoms with Crippen molar-refractivity contribution in [3.63, 3.8) is 0 Å². The van der Waals surface area contributed by atoms with Crippen molar-refractivity contribution in [2.45, 2.75) is 19.8 Å². The van der Waals surface area contributed by atoms with E-state index in [1.165, 1.54) is 12.1 Å². The minimum Gasteiger partial charge on any atom is -0.354 e. The number of carbonyl (C=O) groups is 1. The number of hydrogen-bond acceptors (Lipinski definition) is 4. The molecule has 0 bridgehead atoms. The lowest BCUT2D eigenvalue weighted by atomic mass is 10.1. The molecule has 0 radical (unpaired) electrons. The first-order valence-corrected chi connectivity index (χ1v) is 9.37. The molecule has 0 saturated heterocycles. The highest BCUT2D eigenvalue weighted by molar-refractivity contribution is 5.92. The van der Waals surface area contributed by atoms with Crippen LogP contribution in [0.3, 0.4) is 0 Å². The molecule has 1 amide bonds. The Balaban J connectivity index is 1.55. The molecule has 0 unspecified atom stereocenters. The maximum absolute atomic E-state index is 13.7. The minimum absolute atomic E-state index is 0.222. The van der Waals surface area contributed by atoms with Gasteiger partial charge in [0.15, 0.2) is 0 Å². The number of nitrogens with one attached hydrogen (secondary N) is 2. The second kappa shape index (κ2) is 9.73. The second-order valence-corrected chi connectivity index (χ2v) is 6.58. The summed E-state index contributed by atoms with van der Waals surface area (Å²) >= 11 is 0. The largest absolute Gasteiger partial charge is 0.354 e. The van der Waals surface area contributed by atoms with Gasteiger partial charge in [0.25, 0.3) is 5.91 Å². The highest BCUT2D eigenvalue weighted by Gasteiger charge is 2.11. The zero-order chi connectivity index (χ0) is 20.6. The second-order valence-electron chi connectivity index (χ2n) is 6.58. The van der Waals surface area contributed by atoms with Gasteiger partial charge in [0.05, 0.1) is 0 Å². The highest BCUT2D eigenvalue weighted by Crippen LogP contribution is 2.10. The van der Waals surface area contributed by atoms with Crippen LogP contribution in [0.4, 0.5) is 14.7 Å². The van der Waals surface area contributed by atoms with Gasteiger partial charge in [0.1, 0.15) is 17.3 Å². The highest BCUT2D eigenvalue weighted by atomic mass is 19.1. The van der Waals surface area contributed by atoms with E-state index in [9.17, 15) is 13.6 Å². The Morgan fingerprint density at radius 2 is 1.48 bits per heavy atom. The third-order valence-corrected chi connectivity index (χ3v) is 4.36. The van der Waals surface area contributed by atoms with Gasteiger partial charge in [-0.05, 0) is 49.1 Å². The topological polar surface area (TPSA) is 66.9 Å². The maximum Gasteiger partial charge on any atom is 0.270 e. The van der Waals surface area contributed by atoms with Crippen molar-refractivity contribution < 1.29 is 13.6 Å². The lowest BCUT2D eigenvalue weighted by Crippen LogP contribution is -2.27. The van der Waals surface area contributed by atoms with E-state index in [4.69, 9.17) is 0 Å². The van der Waals surface area contributed by atoms with Crippen LogP contribution in [0.1, 0.15) is 27.3 Å². The fourth-order valence-electron chi connectivity index (χ4n) is 2.88. The molecule has 0 aliphatic heterocycles. The molecule has 150 valence electrons. The lowest BCUT2D eigenvalue weighted by Gasteiger charge is -2.09. The molecule has 1 heterocycles. The normalized spacial score (nSPS) is 10.6. The van der Waals surface area contributed by atoms with Gasteiger partial charge in [-0.15, -0.1) is 0 Å². The van der Waals surface area contributed by atoms with Crippen molar-refractivity contribution in [1.29, 1.82) is 0 Å². The zero-order valence-corrected chi connectivity index (χ0v) is 16.1. The summed E-state index contributed by atoms with van der Waals surface area (Å²) in [6, 6.07) is 14.6. The van der Waals surface area contributed by atoms with Crippen LogP contribution < -0.4 is 10.6 Å². The molecular weight excluding hydrogens is 374 g/mol. The minimum atomic E-state index is -0.357. The summed E-state index contributed by atoms with van der Waals surface area (Å²) in [5, 5.41) is 5.77. The monoisotopic (exact) mass is 396 g/mol. The van der Waals surface area contributed by atoms with Gasteiger partial charge in [-0.1, -0.05) is 36.4 Å². The van der Waals surface area contributed by atoms with E-state index < -0.39 is 0 Å². The smallest absolute Gasteiger partial charge is 0.270 e. The van der Waals surface area contributed by atoms with Crippen LogP contribution in [0.2, 0.25) is 0 Å². The number of rotatable bonds is 8. The van der Waals surface area contributed by atoms with Gasteiger partial charge in [0.2, 0.25) is 5.95 Å². The molecule has 29 heavy (non-hydrogen) atoms. The summed E-state index contributed by atoms with van der Waals surface area (Å²) < 4.78 is 27.3. The third-order valence-electron chi connectivity index (χ3n) is 4.36. The molecule has 0 aliphatic carbocycles. The van der Waals surface area contributed by atoms with E-state index in [1.807, 2.05) is 0 Å². The summed E-state index contributed by atoms with van der Waals surface area (Å²) in [5.74, 6) is -0.597. The van der Waals surface area contributed by atoms with Gasteiger partial charge in [0, 0.05) is 18.8 Å².